The van der Waals surface area contributed by atoms with Crippen molar-refractivity contribution in [2.24, 2.45) is 0 Å². The van der Waals surface area contributed by atoms with Gasteiger partial charge in [0, 0.05) is 24.5 Å². The third-order valence-corrected chi connectivity index (χ3v) is 5.41. The first kappa shape index (κ1) is 18.3. The van der Waals surface area contributed by atoms with Crippen molar-refractivity contribution in [2.45, 2.75) is 31.7 Å². The molecule has 1 unspecified atom stereocenters. The van der Waals surface area contributed by atoms with E-state index < -0.39 is 6.04 Å². The third kappa shape index (κ3) is 3.67. The van der Waals surface area contributed by atoms with Gasteiger partial charge < -0.3 is 15.0 Å². The van der Waals surface area contributed by atoms with Gasteiger partial charge in [0.05, 0.1) is 19.2 Å². The molecule has 0 aliphatic carbocycles. The summed E-state index contributed by atoms with van der Waals surface area (Å²) in [6.45, 7) is 2.19. The van der Waals surface area contributed by atoms with Gasteiger partial charge in [0.2, 0.25) is 5.91 Å². The van der Waals surface area contributed by atoms with Crippen LogP contribution in [0.5, 0.6) is 5.75 Å². The van der Waals surface area contributed by atoms with E-state index in [-0.39, 0.29) is 18.2 Å². The molecule has 2 saturated heterocycles. The van der Waals surface area contributed by atoms with E-state index in [1.54, 1.807) is 31.4 Å². The van der Waals surface area contributed by atoms with Crippen LogP contribution in [0.3, 0.4) is 0 Å². The molecule has 0 bridgehead atoms. The van der Waals surface area contributed by atoms with Gasteiger partial charge in [-0.05, 0) is 67.8 Å². The normalized spacial score (nSPS) is 19.8. The molecule has 0 saturated carbocycles. The number of benzene rings is 2. The summed E-state index contributed by atoms with van der Waals surface area (Å²) in [7, 11) is 1.58. The minimum atomic E-state index is -0.546. The van der Waals surface area contributed by atoms with Crippen LogP contribution < -0.4 is 19.9 Å². The fourth-order valence-electron chi connectivity index (χ4n) is 3.87. The number of carbonyl (C=O) groups excluding carboxylic acids is 2. The Morgan fingerprint density at radius 3 is 2.18 bits per heavy atom. The summed E-state index contributed by atoms with van der Waals surface area (Å²) >= 11 is 0. The van der Waals surface area contributed by atoms with Gasteiger partial charge in [-0.1, -0.05) is 0 Å². The summed E-state index contributed by atoms with van der Waals surface area (Å²) in [5, 5.41) is 3.22. The first-order chi connectivity index (χ1) is 13.7. The number of hydrogen-bond acceptors (Lipinski definition) is 5. The molecule has 0 radical (unpaired) electrons. The largest absolute Gasteiger partial charge is 0.497 e. The lowest BCUT2D eigenvalue weighted by Gasteiger charge is -2.29. The van der Waals surface area contributed by atoms with Crippen LogP contribution in [0.4, 0.5) is 17.1 Å². The van der Waals surface area contributed by atoms with Crippen molar-refractivity contribution in [3.8, 4) is 5.75 Å². The highest BCUT2D eigenvalue weighted by atomic mass is 16.5. The highest BCUT2D eigenvalue weighted by Crippen LogP contribution is 2.28. The average molecular weight is 379 g/mol. The van der Waals surface area contributed by atoms with Gasteiger partial charge in [-0.2, -0.15) is 0 Å². The fraction of sp³-hybridized carbons (Fsp3) is 0.364. The molecule has 2 aliphatic rings. The fourth-order valence-corrected chi connectivity index (χ4v) is 3.87. The molecule has 2 aromatic rings. The van der Waals surface area contributed by atoms with Crippen LogP contribution in [-0.2, 0) is 9.59 Å². The Balaban J connectivity index is 1.43. The summed E-state index contributed by atoms with van der Waals surface area (Å²) in [6.07, 6.45) is 3.93. The average Bonchev–Trinajstić information content (AvgIpc) is 3.02. The van der Waals surface area contributed by atoms with E-state index in [1.807, 2.05) is 12.1 Å². The number of rotatable bonds is 5. The smallest absolute Gasteiger partial charge is 0.256 e. The lowest BCUT2D eigenvalue weighted by atomic mass is 10.1. The first-order valence-electron chi connectivity index (χ1n) is 9.78. The maximum atomic E-state index is 12.8. The number of imide groups is 1. The van der Waals surface area contributed by atoms with Crippen molar-refractivity contribution in [3.05, 3.63) is 48.5 Å². The summed E-state index contributed by atoms with van der Waals surface area (Å²) in [5.41, 5.74) is 2.63. The van der Waals surface area contributed by atoms with E-state index in [0.717, 1.165) is 18.8 Å². The van der Waals surface area contributed by atoms with E-state index in [1.165, 1.54) is 29.8 Å². The second-order valence-electron chi connectivity index (χ2n) is 7.26. The van der Waals surface area contributed by atoms with Gasteiger partial charge >= 0.3 is 0 Å². The topological polar surface area (TPSA) is 61.9 Å². The Morgan fingerprint density at radius 1 is 0.893 bits per heavy atom. The van der Waals surface area contributed by atoms with Gasteiger partial charge in [0.1, 0.15) is 11.8 Å². The lowest BCUT2D eigenvalue weighted by Crippen LogP contribution is -2.34. The molecular weight excluding hydrogens is 354 g/mol. The number of nitrogens with zero attached hydrogens (tertiary/aromatic N) is 2. The highest BCUT2D eigenvalue weighted by molar-refractivity contribution is 6.23. The van der Waals surface area contributed by atoms with Gasteiger partial charge in [-0.15, -0.1) is 0 Å². The molecule has 0 spiro atoms. The van der Waals surface area contributed by atoms with Gasteiger partial charge in [-0.25, -0.2) is 4.90 Å². The molecule has 2 aromatic carbocycles. The number of methoxy groups -OCH3 is 1. The molecule has 146 valence electrons. The molecule has 6 nitrogen and oxygen atoms in total. The zero-order valence-corrected chi connectivity index (χ0v) is 16.1. The Kier molecular flexibility index (Phi) is 5.19. The SMILES string of the molecule is COc1ccc(N2C(=O)CC(Nc3ccc(N4CCCCC4)cc3)C2=O)cc1. The van der Waals surface area contributed by atoms with E-state index in [2.05, 4.69) is 22.3 Å². The molecule has 1 N–H and O–H groups in total. The summed E-state index contributed by atoms with van der Waals surface area (Å²) < 4.78 is 5.13. The number of piperidine rings is 1. The summed E-state index contributed by atoms with van der Waals surface area (Å²) in [5.74, 6) is 0.263. The van der Waals surface area contributed by atoms with Crippen LogP contribution in [-0.4, -0.2) is 38.1 Å². The summed E-state index contributed by atoms with van der Waals surface area (Å²) in [4.78, 5) is 28.9. The van der Waals surface area contributed by atoms with Crippen LogP contribution in [0, 0.1) is 0 Å². The molecule has 4 rings (SSSR count). The molecule has 28 heavy (non-hydrogen) atoms. The lowest BCUT2D eigenvalue weighted by molar-refractivity contribution is -0.121. The monoisotopic (exact) mass is 379 g/mol. The third-order valence-electron chi connectivity index (χ3n) is 5.41. The van der Waals surface area contributed by atoms with Crippen LogP contribution in [0.25, 0.3) is 0 Å². The molecule has 2 amide bonds. The maximum Gasteiger partial charge on any atom is 0.256 e. The Hall–Kier alpha value is -3.02. The van der Waals surface area contributed by atoms with Crippen molar-refractivity contribution in [3.63, 3.8) is 0 Å². The standard InChI is InChI=1S/C22H25N3O3/c1-28-19-11-9-18(10-12-19)25-21(26)15-20(22(25)27)23-16-5-7-17(8-6-16)24-13-3-2-4-14-24/h5-12,20,23H,2-4,13-15H2,1H3. The zero-order chi connectivity index (χ0) is 19.5. The van der Waals surface area contributed by atoms with E-state index in [0.29, 0.717) is 11.4 Å². The van der Waals surface area contributed by atoms with Crippen LogP contribution >= 0.6 is 0 Å². The first-order valence-corrected chi connectivity index (χ1v) is 9.78. The van der Waals surface area contributed by atoms with Gasteiger partial charge in [-0.3, -0.25) is 9.59 Å². The highest BCUT2D eigenvalue weighted by Gasteiger charge is 2.39. The number of nitrogens with one attached hydrogen (secondary N) is 1. The second kappa shape index (κ2) is 7.92. The predicted octanol–water partition coefficient (Wildman–Crippen LogP) is 3.43. The van der Waals surface area contributed by atoms with Crippen molar-refractivity contribution < 1.29 is 14.3 Å². The van der Waals surface area contributed by atoms with Crippen LogP contribution in [0.15, 0.2) is 48.5 Å². The number of carbonyl (C=O) groups is 2. The zero-order valence-electron chi connectivity index (χ0n) is 16.1. The Morgan fingerprint density at radius 2 is 1.54 bits per heavy atom. The van der Waals surface area contributed by atoms with Crippen LogP contribution in [0.1, 0.15) is 25.7 Å². The minimum Gasteiger partial charge on any atom is -0.497 e. The van der Waals surface area contributed by atoms with E-state index in [4.69, 9.17) is 4.74 Å². The quantitative estimate of drug-likeness (QED) is 0.807. The van der Waals surface area contributed by atoms with E-state index in [9.17, 15) is 9.59 Å². The molecule has 0 aromatic heterocycles. The second-order valence-corrected chi connectivity index (χ2v) is 7.26. The van der Waals surface area contributed by atoms with E-state index >= 15 is 0 Å². The van der Waals surface area contributed by atoms with Gasteiger partial charge in [0.15, 0.2) is 0 Å². The van der Waals surface area contributed by atoms with Crippen molar-refractivity contribution in [2.75, 3.05) is 35.3 Å². The number of amides is 2. The minimum absolute atomic E-state index is 0.152. The van der Waals surface area contributed by atoms with Crippen LogP contribution in [0.2, 0.25) is 0 Å². The number of hydrogen-bond donors (Lipinski definition) is 1. The number of ether oxygens (including phenoxy) is 1. The Labute approximate surface area is 165 Å². The molecule has 2 aliphatic heterocycles. The molecular formula is C22H25N3O3. The molecule has 2 heterocycles. The Bertz CT molecular complexity index is 842. The predicted molar refractivity (Wildman–Crippen MR) is 110 cm³/mol. The van der Waals surface area contributed by atoms with Crippen molar-refractivity contribution in [1.29, 1.82) is 0 Å². The van der Waals surface area contributed by atoms with Crippen molar-refractivity contribution >= 4 is 28.9 Å². The molecule has 2 fully saturated rings. The molecule has 6 heteroatoms. The molecule has 1 atom stereocenters. The van der Waals surface area contributed by atoms with Crippen molar-refractivity contribution in [1.82, 2.24) is 0 Å². The van der Waals surface area contributed by atoms with Gasteiger partial charge in [0.25, 0.3) is 5.91 Å². The maximum absolute atomic E-state index is 12.8. The summed E-state index contributed by atoms with van der Waals surface area (Å²) in [6, 6.07) is 14.5. The number of anilines is 3.